The topological polar surface area (TPSA) is 24.5 Å². The summed E-state index contributed by atoms with van der Waals surface area (Å²) >= 11 is 0. The summed E-state index contributed by atoms with van der Waals surface area (Å²) in [5.41, 5.74) is 2.80. The molecule has 0 unspecified atom stereocenters. The van der Waals surface area contributed by atoms with Gasteiger partial charge in [-0.15, -0.1) is 5.59 Å². The van der Waals surface area contributed by atoms with Gasteiger partial charge in [-0.1, -0.05) is 89.9 Å². The van der Waals surface area contributed by atoms with Crippen molar-refractivity contribution in [2.45, 2.75) is 115 Å². The molecular formula is C21H43F3N2O. The number of alkyl halides is 3. The Labute approximate surface area is 165 Å². The van der Waals surface area contributed by atoms with Gasteiger partial charge in [-0.05, 0) is 12.8 Å². The van der Waals surface area contributed by atoms with Gasteiger partial charge in [0, 0.05) is 20.5 Å². The van der Waals surface area contributed by atoms with E-state index in [-0.39, 0.29) is 0 Å². The molecule has 0 aromatic rings. The van der Waals surface area contributed by atoms with E-state index in [1.807, 2.05) is 14.1 Å². The summed E-state index contributed by atoms with van der Waals surface area (Å²) in [6.45, 7) is 0.770. The average Bonchev–Trinajstić information content (AvgIpc) is 2.58. The minimum Gasteiger partial charge on any atom is -0.287 e. The molecule has 0 spiro atoms. The quantitative estimate of drug-likeness (QED) is 0.174. The van der Waals surface area contributed by atoms with Crippen molar-refractivity contribution in [2.75, 3.05) is 20.7 Å². The standard InChI is InChI=1S/C21H43F3N2O/c1-26(2)25-27-20-18-16-14-12-10-8-6-4-3-5-7-9-11-13-15-17-19-21(22,23)24/h25H,3-20H2,1-2H3. The Morgan fingerprint density at radius 3 is 1.26 bits per heavy atom. The van der Waals surface area contributed by atoms with Crippen LogP contribution in [0.2, 0.25) is 0 Å². The second-order valence-corrected chi connectivity index (χ2v) is 7.86. The first-order chi connectivity index (χ1) is 12.9. The lowest BCUT2D eigenvalue weighted by Crippen LogP contribution is -2.30. The van der Waals surface area contributed by atoms with Crippen molar-refractivity contribution in [3.63, 3.8) is 0 Å². The van der Waals surface area contributed by atoms with Gasteiger partial charge >= 0.3 is 6.18 Å². The maximum absolute atomic E-state index is 12.0. The molecular weight excluding hydrogens is 353 g/mol. The van der Waals surface area contributed by atoms with E-state index in [9.17, 15) is 13.2 Å². The van der Waals surface area contributed by atoms with Crippen molar-refractivity contribution in [1.29, 1.82) is 0 Å². The lowest BCUT2D eigenvalue weighted by atomic mass is 10.0. The van der Waals surface area contributed by atoms with Gasteiger partial charge in [0.15, 0.2) is 0 Å². The van der Waals surface area contributed by atoms with Gasteiger partial charge < -0.3 is 0 Å². The Hall–Kier alpha value is -0.330. The predicted octanol–water partition coefficient (Wildman–Crippen LogP) is 7.18. The van der Waals surface area contributed by atoms with E-state index in [2.05, 4.69) is 5.59 Å². The van der Waals surface area contributed by atoms with Crippen LogP contribution in [0.3, 0.4) is 0 Å². The van der Waals surface area contributed by atoms with E-state index >= 15 is 0 Å². The first kappa shape index (κ1) is 26.7. The number of hydrogen-bond donors (Lipinski definition) is 1. The zero-order valence-electron chi connectivity index (χ0n) is 17.7. The smallest absolute Gasteiger partial charge is 0.287 e. The molecule has 0 radical (unpaired) electrons. The van der Waals surface area contributed by atoms with E-state index < -0.39 is 12.6 Å². The van der Waals surface area contributed by atoms with Crippen molar-refractivity contribution >= 4 is 0 Å². The summed E-state index contributed by atoms with van der Waals surface area (Å²) in [5.74, 6) is 0. The van der Waals surface area contributed by atoms with Gasteiger partial charge in [-0.25, -0.2) is 5.01 Å². The van der Waals surface area contributed by atoms with Crippen LogP contribution in [0.25, 0.3) is 0 Å². The molecule has 0 bridgehead atoms. The number of rotatable bonds is 20. The Kier molecular flexibility index (Phi) is 18.8. The van der Waals surface area contributed by atoms with Crippen molar-refractivity contribution in [3.8, 4) is 0 Å². The van der Waals surface area contributed by atoms with Gasteiger partial charge in [0.1, 0.15) is 0 Å². The third-order valence-electron chi connectivity index (χ3n) is 4.70. The lowest BCUT2D eigenvalue weighted by Gasteiger charge is -2.11. The van der Waals surface area contributed by atoms with E-state index in [0.717, 1.165) is 32.3 Å². The first-order valence-corrected chi connectivity index (χ1v) is 11.0. The largest absolute Gasteiger partial charge is 0.389 e. The molecule has 0 heterocycles. The molecule has 0 fully saturated rings. The Balaban J connectivity index is 3.03. The maximum Gasteiger partial charge on any atom is 0.389 e. The second kappa shape index (κ2) is 19.0. The summed E-state index contributed by atoms with van der Waals surface area (Å²) in [6, 6.07) is 0. The van der Waals surface area contributed by atoms with Crippen LogP contribution >= 0.6 is 0 Å². The van der Waals surface area contributed by atoms with Gasteiger partial charge in [0.25, 0.3) is 0 Å². The fourth-order valence-corrected chi connectivity index (χ4v) is 3.15. The van der Waals surface area contributed by atoms with Crippen LogP contribution in [-0.4, -0.2) is 31.9 Å². The zero-order chi connectivity index (χ0) is 20.2. The summed E-state index contributed by atoms with van der Waals surface area (Å²) in [5, 5.41) is 1.79. The van der Waals surface area contributed by atoms with E-state index in [1.165, 1.54) is 70.6 Å². The minimum absolute atomic E-state index is 0.297. The SMILES string of the molecule is CN(C)NOCCCCCCCCCCCCCCCCCCC(F)(F)F. The summed E-state index contributed by atoms with van der Waals surface area (Å²) in [6.07, 6.45) is 13.8. The normalized spacial score (nSPS) is 12.2. The third-order valence-corrected chi connectivity index (χ3v) is 4.70. The van der Waals surface area contributed by atoms with Gasteiger partial charge in [-0.2, -0.15) is 13.2 Å². The molecule has 0 atom stereocenters. The molecule has 164 valence electrons. The highest BCUT2D eigenvalue weighted by molar-refractivity contribution is 4.53. The summed E-state index contributed by atoms with van der Waals surface area (Å²) < 4.78 is 36.0. The van der Waals surface area contributed by atoms with E-state index in [1.54, 1.807) is 5.01 Å². The van der Waals surface area contributed by atoms with Crippen LogP contribution < -0.4 is 5.59 Å². The predicted molar refractivity (Wildman–Crippen MR) is 107 cm³/mol. The molecule has 3 nitrogen and oxygen atoms in total. The number of hydrogen-bond acceptors (Lipinski definition) is 3. The molecule has 0 aliphatic rings. The van der Waals surface area contributed by atoms with Crippen LogP contribution in [0.4, 0.5) is 13.2 Å². The number of nitrogens with zero attached hydrogens (tertiary/aromatic N) is 1. The van der Waals surface area contributed by atoms with Crippen molar-refractivity contribution < 1.29 is 18.0 Å². The molecule has 0 rings (SSSR count). The van der Waals surface area contributed by atoms with Crippen LogP contribution in [0.15, 0.2) is 0 Å². The molecule has 0 amide bonds. The van der Waals surface area contributed by atoms with Gasteiger partial charge in [0.05, 0.1) is 6.61 Å². The van der Waals surface area contributed by atoms with E-state index in [0.29, 0.717) is 6.42 Å². The Morgan fingerprint density at radius 1 is 0.593 bits per heavy atom. The molecule has 0 aromatic carbocycles. The molecule has 0 aliphatic heterocycles. The van der Waals surface area contributed by atoms with Gasteiger partial charge in [-0.3, -0.25) is 4.84 Å². The minimum atomic E-state index is -3.97. The summed E-state index contributed by atoms with van der Waals surface area (Å²) in [7, 11) is 3.82. The third kappa shape index (κ3) is 25.7. The fraction of sp³-hybridized carbons (Fsp3) is 1.00. The lowest BCUT2D eigenvalue weighted by molar-refractivity contribution is -0.135. The van der Waals surface area contributed by atoms with Crippen LogP contribution in [0.1, 0.15) is 109 Å². The van der Waals surface area contributed by atoms with Crippen LogP contribution in [0, 0.1) is 0 Å². The van der Waals surface area contributed by atoms with Crippen LogP contribution in [-0.2, 0) is 4.84 Å². The highest BCUT2D eigenvalue weighted by atomic mass is 19.4. The highest BCUT2D eigenvalue weighted by Crippen LogP contribution is 2.23. The Bertz CT molecular complexity index is 300. The molecule has 27 heavy (non-hydrogen) atoms. The molecule has 1 N–H and O–H groups in total. The molecule has 0 aliphatic carbocycles. The van der Waals surface area contributed by atoms with Gasteiger partial charge in [0.2, 0.25) is 0 Å². The monoisotopic (exact) mass is 396 g/mol. The average molecular weight is 397 g/mol. The van der Waals surface area contributed by atoms with E-state index in [4.69, 9.17) is 4.84 Å². The molecule has 0 saturated carbocycles. The molecule has 6 heteroatoms. The molecule has 0 aromatic heterocycles. The fourth-order valence-electron chi connectivity index (χ4n) is 3.15. The van der Waals surface area contributed by atoms with Crippen LogP contribution in [0.5, 0.6) is 0 Å². The number of halogens is 3. The first-order valence-electron chi connectivity index (χ1n) is 11.0. The van der Waals surface area contributed by atoms with Crippen molar-refractivity contribution in [2.24, 2.45) is 0 Å². The number of unbranched alkanes of at least 4 members (excludes halogenated alkanes) is 15. The van der Waals surface area contributed by atoms with Crippen molar-refractivity contribution in [3.05, 3.63) is 0 Å². The Morgan fingerprint density at radius 2 is 0.926 bits per heavy atom. The van der Waals surface area contributed by atoms with Crippen molar-refractivity contribution in [1.82, 2.24) is 10.6 Å². The zero-order valence-corrected chi connectivity index (χ0v) is 17.7. The maximum atomic E-state index is 12.0. The highest BCUT2D eigenvalue weighted by Gasteiger charge is 2.25. The summed E-state index contributed by atoms with van der Waals surface area (Å²) in [4.78, 5) is 5.27. The molecule has 0 saturated heterocycles. The second-order valence-electron chi connectivity index (χ2n) is 7.86. The number of hydrazine groups is 1. The number of nitrogens with one attached hydrogen (secondary N) is 1.